The molecule has 3 aromatic heterocycles. The molecular weight excluding hydrogens is 394 g/mol. The SMILES string of the molecule is Cc1nc(-n2cc(CCCc3ccccc3)nn2)sc1C(=O)CCc1cccnc1. The van der Waals surface area contributed by atoms with Gasteiger partial charge in [-0.1, -0.05) is 52.9 Å². The molecule has 6 nitrogen and oxygen atoms in total. The number of carbonyl (C=O) groups excluding carboxylic acids is 1. The van der Waals surface area contributed by atoms with Crippen LogP contribution in [0.5, 0.6) is 0 Å². The fourth-order valence-electron chi connectivity index (χ4n) is 3.28. The van der Waals surface area contributed by atoms with Crippen molar-refractivity contribution in [2.24, 2.45) is 0 Å². The van der Waals surface area contributed by atoms with Gasteiger partial charge in [-0.3, -0.25) is 9.78 Å². The Balaban J connectivity index is 1.36. The third-order valence-electron chi connectivity index (χ3n) is 4.88. The number of hydrogen-bond donors (Lipinski definition) is 0. The highest BCUT2D eigenvalue weighted by Crippen LogP contribution is 2.23. The predicted molar refractivity (Wildman–Crippen MR) is 117 cm³/mol. The first kappa shape index (κ1) is 20.1. The summed E-state index contributed by atoms with van der Waals surface area (Å²) in [5.74, 6) is 0.100. The van der Waals surface area contributed by atoms with Crippen LogP contribution < -0.4 is 0 Å². The van der Waals surface area contributed by atoms with Crippen molar-refractivity contribution in [2.45, 2.75) is 39.0 Å². The van der Waals surface area contributed by atoms with Crippen molar-refractivity contribution >= 4 is 17.1 Å². The van der Waals surface area contributed by atoms with Gasteiger partial charge in [-0.15, -0.1) is 5.10 Å². The first-order chi connectivity index (χ1) is 14.7. The predicted octanol–water partition coefficient (Wildman–Crippen LogP) is 4.42. The van der Waals surface area contributed by atoms with Crippen LogP contribution in [0.3, 0.4) is 0 Å². The number of benzene rings is 1. The van der Waals surface area contributed by atoms with Crippen LogP contribution in [0.15, 0.2) is 61.1 Å². The Kier molecular flexibility index (Phi) is 6.39. The number of ketones is 1. The van der Waals surface area contributed by atoms with E-state index in [0.717, 1.165) is 36.2 Å². The minimum Gasteiger partial charge on any atom is -0.293 e. The van der Waals surface area contributed by atoms with Crippen molar-refractivity contribution in [3.05, 3.63) is 88.4 Å². The van der Waals surface area contributed by atoms with E-state index in [2.05, 4.69) is 44.5 Å². The minimum absolute atomic E-state index is 0.100. The number of Topliss-reactive ketones (excluding diaryl/α,β-unsaturated/α-hetero) is 1. The lowest BCUT2D eigenvalue weighted by molar-refractivity contribution is 0.0986. The smallest absolute Gasteiger partial charge is 0.212 e. The fraction of sp³-hybridized carbons (Fsp3) is 0.261. The van der Waals surface area contributed by atoms with Gasteiger partial charge in [-0.25, -0.2) is 4.98 Å². The minimum atomic E-state index is 0.100. The second kappa shape index (κ2) is 9.54. The number of carbonyl (C=O) groups is 1. The molecule has 0 aliphatic rings. The van der Waals surface area contributed by atoms with Crippen LogP contribution in [0, 0.1) is 6.92 Å². The van der Waals surface area contributed by atoms with E-state index in [1.807, 2.05) is 31.3 Å². The molecule has 0 N–H and O–H groups in total. The maximum absolute atomic E-state index is 12.7. The van der Waals surface area contributed by atoms with E-state index >= 15 is 0 Å². The van der Waals surface area contributed by atoms with Crippen LogP contribution in [0.25, 0.3) is 5.13 Å². The van der Waals surface area contributed by atoms with Crippen LogP contribution in [0.1, 0.15) is 45.0 Å². The molecule has 30 heavy (non-hydrogen) atoms. The standard InChI is InChI=1S/C23H23N5OS/c1-17-22(21(29)13-12-19-10-6-14-24-15-19)30-23(25-17)28-16-20(26-27-28)11-5-9-18-7-3-2-4-8-18/h2-4,6-8,10,14-16H,5,9,11-13H2,1H3. The van der Waals surface area contributed by atoms with Gasteiger partial charge in [0.25, 0.3) is 0 Å². The zero-order valence-corrected chi connectivity index (χ0v) is 17.7. The Morgan fingerprint density at radius 3 is 2.67 bits per heavy atom. The molecule has 0 fully saturated rings. The zero-order valence-electron chi connectivity index (χ0n) is 16.9. The van der Waals surface area contributed by atoms with E-state index in [4.69, 9.17) is 0 Å². The van der Waals surface area contributed by atoms with Crippen molar-refractivity contribution in [1.82, 2.24) is 25.0 Å². The lowest BCUT2D eigenvalue weighted by atomic mass is 10.1. The van der Waals surface area contributed by atoms with Gasteiger partial charge in [0, 0.05) is 18.8 Å². The molecule has 0 radical (unpaired) electrons. The lowest BCUT2D eigenvalue weighted by Gasteiger charge is -1.99. The van der Waals surface area contributed by atoms with E-state index in [9.17, 15) is 4.79 Å². The number of nitrogens with zero attached hydrogens (tertiary/aromatic N) is 5. The van der Waals surface area contributed by atoms with Crippen LogP contribution >= 0.6 is 11.3 Å². The highest BCUT2D eigenvalue weighted by atomic mass is 32.1. The number of hydrogen-bond acceptors (Lipinski definition) is 6. The summed E-state index contributed by atoms with van der Waals surface area (Å²) in [6.07, 6.45) is 9.44. The van der Waals surface area contributed by atoms with Crippen molar-refractivity contribution in [3.63, 3.8) is 0 Å². The fourth-order valence-corrected chi connectivity index (χ4v) is 4.24. The Morgan fingerprint density at radius 2 is 1.87 bits per heavy atom. The Morgan fingerprint density at radius 1 is 1.03 bits per heavy atom. The summed E-state index contributed by atoms with van der Waals surface area (Å²) < 4.78 is 1.67. The molecule has 152 valence electrons. The number of aryl methyl sites for hydroxylation is 4. The average Bonchev–Trinajstić information content (AvgIpc) is 3.40. The molecule has 1 aromatic carbocycles. The van der Waals surface area contributed by atoms with Gasteiger partial charge in [-0.05, 0) is 49.8 Å². The quantitative estimate of drug-likeness (QED) is 0.377. The Bertz CT molecular complexity index is 1110. The Hall–Kier alpha value is -3.19. The number of pyridine rings is 1. The second-order valence-corrected chi connectivity index (χ2v) is 8.17. The summed E-state index contributed by atoms with van der Waals surface area (Å²) >= 11 is 1.37. The molecule has 0 unspecified atom stereocenters. The van der Waals surface area contributed by atoms with E-state index in [1.165, 1.54) is 16.9 Å². The monoisotopic (exact) mass is 417 g/mol. The molecule has 0 spiro atoms. The maximum atomic E-state index is 12.7. The molecule has 0 bridgehead atoms. The van der Waals surface area contributed by atoms with E-state index < -0.39 is 0 Å². The number of aromatic nitrogens is 5. The third kappa shape index (κ3) is 5.04. The van der Waals surface area contributed by atoms with Crippen molar-refractivity contribution in [3.8, 4) is 5.13 Å². The Labute approximate surface area is 179 Å². The second-order valence-electron chi connectivity index (χ2n) is 7.19. The summed E-state index contributed by atoms with van der Waals surface area (Å²) in [5, 5.41) is 9.17. The third-order valence-corrected chi connectivity index (χ3v) is 6.07. The molecule has 0 saturated heterocycles. The largest absolute Gasteiger partial charge is 0.293 e. The van der Waals surface area contributed by atoms with E-state index in [1.54, 1.807) is 17.1 Å². The summed E-state index contributed by atoms with van der Waals surface area (Å²) in [4.78, 5) is 22.0. The van der Waals surface area contributed by atoms with Gasteiger partial charge in [-0.2, -0.15) is 4.68 Å². The molecule has 0 aliphatic heterocycles. The summed E-state index contributed by atoms with van der Waals surface area (Å²) in [6, 6.07) is 14.3. The number of rotatable bonds is 9. The topological polar surface area (TPSA) is 73.6 Å². The van der Waals surface area contributed by atoms with Gasteiger partial charge in [0.15, 0.2) is 5.78 Å². The molecular formula is C23H23N5OS. The molecule has 4 rings (SSSR count). The molecule has 7 heteroatoms. The van der Waals surface area contributed by atoms with Crippen LogP contribution in [0.4, 0.5) is 0 Å². The average molecular weight is 418 g/mol. The number of thiazole rings is 1. The van der Waals surface area contributed by atoms with E-state index in [-0.39, 0.29) is 5.78 Å². The molecule has 0 aliphatic carbocycles. The highest BCUT2D eigenvalue weighted by Gasteiger charge is 2.17. The molecule has 0 saturated carbocycles. The molecule has 0 atom stereocenters. The van der Waals surface area contributed by atoms with Gasteiger partial charge in [0.05, 0.1) is 22.5 Å². The molecule has 0 amide bonds. The van der Waals surface area contributed by atoms with Gasteiger partial charge < -0.3 is 0 Å². The van der Waals surface area contributed by atoms with Crippen LogP contribution in [0.2, 0.25) is 0 Å². The summed E-state index contributed by atoms with van der Waals surface area (Å²) in [5.41, 5.74) is 4.06. The van der Waals surface area contributed by atoms with Crippen LogP contribution in [-0.4, -0.2) is 30.7 Å². The molecule has 3 heterocycles. The normalized spacial score (nSPS) is 11.0. The van der Waals surface area contributed by atoms with Crippen molar-refractivity contribution in [1.29, 1.82) is 0 Å². The van der Waals surface area contributed by atoms with Crippen molar-refractivity contribution < 1.29 is 4.79 Å². The first-order valence-corrected chi connectivity index (χ1v) is 10.9. The van der Waals surface area contributed by atoms with Gasteiger partial charge in [0.1, 0.15) is 0 Å². The summed E-state index contributed by atoms with van der Waals surface area (Å²) in [6.45, 7) is 1.87. The lowest BCUT2D eigenvalue weighted by Crippen LogP contribution is -2.01. The summed E-state index contributed by atoms with van der Waals surface area (Å²) in [7, 11) is 0. The van der Waals surface area contributed by atoms with E-state index in [0.29, 0.717) is 22.9 Å². The zero-order chi connectivity index (χ0) is 20.8. The maximum Gasteiger partial charge on any atom is 0.212 e. The van der Waals surface area contributed by atoms with Crippen molar-refractivity contribution in [2.75, 3.05) is 0 Å². The molecule has 4 aromatic rings. The van der Waals surface area contributed by atoms with Crippen LogP contribution in [-0.2, 0) is 19.3 Å². The van der Waals surface area contributed by atoms with Gasteiger partial charge >= 0.3 is 0 Å². The highest BCUT2D eigenvalue weighted by molar-refractivity contribution is 7.16. The first-order valence-electron chi connectivity index (χ1n) is 10.0. The van der Waals surface area contributed by atoms with Gasteiger partial charge in [0.2, 0.25) is 5.13 Å².